The van der Waals surface area contributed by atoms with E-state index >= 15 is 0 Å². The van der Waals surface area contributed by atoms with E-state index in [1.54, 1.807) is 0 Å². The number of benzene rings is 1. The van der Waals surface area contributed by atoms with E-state index in [-0.39, 0.29) is 29.3 Å². The molecule has 2 heterocycles. The van der Waals surface area contributed by atoms with Gasteiger partial charge in [0.05, 0.1) is 5.92 Å². The normalized spacial score (nSPS) is 29.3. The van der Waals surface area contributed by atoms with Gasteiger partial charge in [0.25, 0.3) is 0 Å². The number of halogens is 2. The lowest BCUT2D eigenvalue weighted by Gasteiger charge is -2.50. The highest BCUT2D eigenvalue weighted by Gasteiger charge is 2.47. The minimum atomic E-state index is -1.04. The molecule has 2 unspecified atom stereocenters. The lowest BCUT2D eigenvalue weighted by Crippen LogP contribution is -2.64. The van der Waals surface area contributed by atoms with E-state index in [4.69, 9.17) is 0 Å². The number of hydrogen-bond donors (Lipinski definition) is 0. The fourth-order valence-corrected chi connectivity index (χ4v) is 5.64. The standard InChI is InChI=1S/C19H22F2N2O2S/c1-19(22-4-2-3-5-22)11-26-7-6-23(19)18(25)14-10-17(24)13-9-16(21)15(20)8-12(13)14/h8-9,14H,2-7,10-11H2,1H3. The molecule has 2 aliphatic heterocycles. The first-order chi connectivity index (χ1) is 12.4. The summed E-state index contributed by atoms with van der Waals surface area (Å²) in [4.78, 5) is 29.9. The molecule has 2 atom stereocenters. The van der Waals surface area contributed by atoms with Crippen molar-refractivity contribution in [1.29, 1.82) is 0 Å². The van der Waals surface area contributed by atoms with Crippen LogP contribution >= 0.6 is 11.8 Å². The summed E-state index contributed by atoms with van der Waals surface area (Å²) in [6, 6.07) is 1.97. The van der Waals surface area contributed by atoms with E-state index in [2.05, 4.69) is 11.8 Å². The van der Waals surface area contributed by atoms with Gasteiger partial charge in [0.1, 0.15) is 5.66 Å². The average Bonchev–Trinajstić information content (AvgIpc) is 3.25. The van der Waals surface area contributed by atoms with Crippen molar-refractivity contribution < 1.29 is 18.4 Å². The molecule has 3 aliphatic rings. The van der Waals surface area contributed by atoms with Crippen molar-refractivity contribution in [3.05, 3.63) is 34.9 Å². The van der Waals surface area contributed by atoms with Gasteiger partial charge in [-0.1, -0.05) is 0 Å². The number of carbonyl (C=O) groups is 2. The number of carbonyl (C=O) groups excluding carboxylic acids is 2. The quantitative estimate of drug-likeness (QED) is 0.791. The van der Waals surface area contributed by atoms with Crippen molar-refractivity contribution in [3.63, 3.8) is 0 Å². The summed E-state index contributed by atoms with van der Waals surface area (Å²) >= 11 is 1.83. The summed E-state index contributed by atoms with van der Waals surface area (Å²) in [5.41, 5.74) is 0.0957. The van der Waals surface area contributed by atoms with E-state index < -0.39 is 17.6 Å². The summed E-state index contributed by atoms with van der Waals surface area (Å²) in [6.07, 6.45) is 2.24. The van der Waals surface area contributed by atoms with Crippen molar-refractivity contribution in [1.82, 2.24) is 9.80 Å². The molecular formula is C19H22F2N2O2S. The molecule has 2 saturated heterocycles. The average molecular weight is 380 g/mol. The largest absolute Gasteiger partial charge is 0.322 e. The second-order valence-corrected chi connectivity index (χ2v) is 8.59. The monoisotopic (exact) mass is 380 g/mol. The molecular weight excluding hydrogens is 358 g/mol. The van der Waals surface area contributed by atoms with Crippen molar-refractivity contribution in [2.45, 2.75) is 37.8 Å². The molecule has 4 nitrogen and oxygen atoms in total. The summed E-state index contributed by atoms with van der Waals surface area (Å²) in [6.45, 7) is 4.62. The van der Waals surface area contributed by atoms with E-state index in [0.717, 1.165) is 49.6 Å². The smallest absolute Gasteiger partial charge is 0.232 e. The number of fused-ring (bicyclic) bond motifs is 1. The van der Waals surface area contributed by atoms with E-state index in [1.807, 2.05) is 16.7 Å². The second-order valence-electron chi connectivity index (χ2n) is 7.49. The molecule has 1 aromatic rings. The number of likely N-dealkylation sites (tertiary alicyclic amines) is 1. The molecule has 4 rings (SSSR count). The molecule has 0 N–H and O–H groups in total. The number of amides is 1. The minimum Gasteiger partial charge on any atom is -0.322 e. The summed E-state index contributed by atoms with van der Waals surface area (Å²) < 4.78 is 27.3. The van der Waals surface area contributed by atoms with Gasteiger partial charge in [0.2, 0.25) is 5.91 Å². The molecule has 2 fully saturated rings. The number of Topliss-reactive ketones (excluding diaryl/α,β-unsaturated/α-hetero) is 1. The Morgan fingerprint density at radius 2 is 1.88 bits per heavy atom. The fourth-order valence-electron chi connectivity index (χ4n) is 4.45. The van der Waals surface area contributed by atoms with Crippen LogP contribution in [0, 0.1) is 11.6 Å². The SMILES string of the molecule is CC1(N2CCCC2)CSCCN1C(=O)C1CC(=O)c2cc(F)c(F)cc21. The van der Waals surface area contributed by atoms with Gasteiger partial charge in [0.15, 0.2) is 17.4 Å². The highest BCUT2D eigenvalue weighted by atomic mass is 32.2. The maximum absolute atomic E-state index is 13.8. The van der Waals surface area contributed by atoms with E-state index in [1.165, 1.54) is 0 Å². The molecule has 0 spiro atoms. The lowest BCUT2D eigenvalue weighted by molar-refractivity contribution is -0.145. The van der Waals surface area contributed by atoms with Crippen molar-refractivity contribution in [3.8, 4) is 0 Å². The first-order valence-corrected chi connectivity index (χ1v) is 10.2. The van der Waals surface area contributed by atoms with Gasteiger partial charge in [-0.05, 0) is 37.5 Å². The van der Waals surface area contributed by atoms with Crippen LogP contribution < -0.4 is 0 Å². The molecule has 0 saturated carbocycles. The Hall–Kier alpha value is -1.47. The van der Waals surface area contributed by atoms with Gasteiger partial charge in [0, 0.05) is 43.1 Å². The number of ketones is 1. The molecule has 0 radical (unpaired) electrons. The molecule has 0 aromatic heterocycles. The third kappa shape index (κ3) is 2.76. The number of rotatable bonds is 2. The van der Waals surface area contributed by atoms with Crippen LogP contribution in [0.3, 0.4) is 0 Å². The number of hydrogen-bond acceptors (Lipinski definition) is 4. The summed E-state index contributed by atoms with van der Waals surface area (Å²) in [7, 11) is 0. The van der Waals surface area contributed by atoms with Crippen LogP contribution in [0.4, 0.5) is 8.78 Å². The third-order valence-corrected chi connectivity index (χ3v) is 7.15. The Labute approximate surface area is 155 Å². The summed E-state index contributed by atoms with van der Waals surface area (Å²) in [5, 5.41) is 0. The van der Waals surface area contributed by atoms with Crippen LogP contribution in [-0.4, -0.2) is 58.3 Å². The van der Waals surface area contributed by atoms with Crippen LogP contribution in [0.1, 0.15) is 48.0 Å². The predicted octanol–water partition coefficient (Wildman–Crippen LogP) is 3.02. The molecule has 0 bridgehead atoms. The minimum absolute atomic E-state index is 0.00319. The Morgan fingerprint density at radius 1 is 1.19 bits per heavy atom. The van der Waals surface area contributed by atoms with Gasteiger partial charge < -0.3 is 4.90 Å². The molecule has 140 valence electrons. The first-order valence-electron chi connectivity index (χ1n) is 9.08. The zero-order chi connectivity index (χ0) is 18.5. The van der Waals surface area contributed by atoms with Crippen LogP contribution in [0.25, 0.3) is 0 Å². The number of thioether (sulfide) groups is 1. The van der Waals surface area contributed by atoms with E-state index in [9.17, 15) is 18.4 Å². The van der Waals surface area contributed by atoms with Crippen molar-refractivity contribution in [2.24, 2.45) is 0 Å². The van der Waals surface area contributed by atoms with Crippen molar-refractivity contribution in [2.75, 3.05) is 31.1 Å². The topological polar surface area (TPSA) is 40.6 Å². The Bertz CT molecular complexity index is 766. The molecule has 1 amide bonds. The van der Waals surface area contributed by atoms with E-state index in [0.29, 0.717) is 12.1 Å². The Kier molecular flexibility index (Phi) is 4.55. The Balaban J connectivity index is 1.67. The van der Waals surface area contributed by atoms with Crippen LogP contribution in [0.2, 0.25) is 0 Å². The predicted molar refractivity (Wildman–Crippen MR) is 96.3 cm³/mol. The highest BCUT2D eigenvalue weighted by Crippen LogP contribution is 2.40. The lowest BCUT2D eigenvalue weighted by atomic mass is 9.97. The maximum Gasteiger partial charge on any atom is 0.232 e. The zero-order valence-corrected chi connectivity index (χ0v) is 15.6. The second kappa shape index (κ2) is 6.60. The molecule has 7 heteroatoms. The highest BCUT2D eigenvalue weighted by molar-refractivity contribution is 7.99. The van der Waals surface area contributed by atoms with Gasteiger partial charge in [-0.2, -0.15) is 11.8 Å². The fraction of sp³-hybridized carbons (Fsp3) is 0.579. The van der Waals surface area contributed by atoms with Gasteiger partial charge in [-0.15, -0.1) is 0 Å². The first kappa shape index (κ1) is 17.9. The van der Waals surface area contributed by atoms with Crippen LogP contribution in [0.5, 0.6) is 0 Å². The molecule has 26 heavy (non-hydrogen) atoms. The van der Waals surface area contributed by atoms with Gasteiger partial charge in [-0.3, -0.25) is 14.5 Å². The van der Waals surface area contributed by atoms with Crippen LogP contribution in [-0.2, 0) is 4.79 Å². The van der Waals surface area contributed by atoms with Gasteiger partial charge in [-0.25, -0.2) is 8.78 Å². The van der Waals surface area contributed by atoms with Gasteiger partial charge >= 0.3 is 0 Å². The number of nitrogens with zero attached hydrogens (tertiary/aromatic N) is 2. The Morgan fingerprint density at radius 3 is 2.62 bits per heavy atom. The maximum atomic E-state index is 13.8. The van der Waals surface area contributed by atoms with Crippen LogP contribution in [0.15, 0.2) is 12.1 Å². The molecule has 1 aliphatic carbocycles. The van der Waals surface area contributed by atoms with Crippen molar-refractivity contribution >= 4 is 23.5 Å². The third-order valence-electron chi connectivity index (χ3n) is 5.93. The zero-order valence-electron chi connectivity index (χ0n) is 14.8. The molecule has 1 aromatic carbocycles. The summed E-state index contributed by atoms with van der Waals surface area (Å²) in [5.74, 6) is -1.51.